The number of nitrogens with two attached hydrogens (primary N) is 1. The van der Waals surface area contributed by atoms with Gasteiger partial charge in [-0.15, -0.1) is 0 Å². The van der Waals surface area contributed by atoms with Crippen LogP contribution >= 0.6 is 0 Å². The van der Waals surface area contributed by atoms with Gasteiger partial charge in [-0.05, 0) is 81.4 Å². The van der Waals surface area contributed by atoms with Crippen molar-refractivity contribution in [2.45, 2.75) is 148 Å². The minimum absolute atomic E-state index is 0.0621. The highest BCUT2D eigenvalue weighted by atomic mass is 16.2. The van der Waals surface area contributed by atoms with Crippen LogP contribution in [0.1, 0.15) is 152 Å². The number of rotatable bonds is 30. The minimum Gasteiger partial charge on any atom is -0.352 e. The Balaban J connectivity index is 2.24. The molecule has 3 amide bonds. The third kappa shape index (κ3) is 24.5. The van der Waals surface area contributed by atoms with Crippen LogP contribution in [0.15, 0.2) is 41.4 Å². The van der Waals surface area contributed by atoms with Gasteiger partial charge in [0.05, 0.1) is 12.6 Å². The van der Waals surface area contributed by atoms with Gasteiger partial charge in [0.2, 0.25) is 11.8 Å². The van der Waals surface area contributed by atoms with E-state index in [1.54, 1.807) is 18.3 Å². The molecule has 0 saturated carbocycles. The molecule has 0 saturated heterocycles. The van der Waals surface area contributed by atoms with E-state index in [2.05, 4.69) is 40.0 Å². The molecular formula is C40H67N5O4. The average Bonchev–Trinajstić information content (AvgIpc) is 3.09. The summed E-state index contributed by atoms with van der Waals surface area (Å²) < 4.78 is 0. The van der Waals surface area contributed by atoms with Crippen molar-refractivity contribution in [3.63, 3.8) is 0 Å². The maximum atomic E-state index is 12.9. The molecule has 9 nitrogen and oxygen atoms in total. The van der Waals surface area contributed by atoms with Gasteiger partial charge in [0.15, 0.2) is 0 Å². The fourth-order valence-corrected chi connectivity index (χ4v) is 5.46. The molecule has 1 rings (SSSR count). The summed E-state index contributed by atoms with van der Waals surface area (Å²) in [7, 11) is 0. The Bertz CT molecular complexity index is 1090. The first-order valence-electron chi connectivity index (χ1n) is 19.1. The predicted octanol–water partition coefficient (Wildman–Crippen LogP) is 7.22. The molecule has 276 valence electrons. The fourth-order valence-electron chi connectivity index (χ4n) is 5.46. The van der Waals surface area contributed by atoms with Crippen LogP contribution in [-0.2, 0) is 14.4 Å². The number of nitrogens with zero attached hydrogens (tertiary/aromatic N) is 1. The Morgan fingerprint density at radius 3 is 2.06 bits per heavy atom. The summed E-state index contributed by atoms with van der Waals surface area (Å²) in [6.45, 7) is 7.64. The largest absolute Gasteiger partial charge is 0.352 e. The van der Waals surface area contributed by atoms with Crippen LogP contribution in [0.5, 0.6) is 0 Å². The highest BCUT2D eigenvalue weighted by Gasteiger charge is 2.21. The monoisotopic (exact) mass is 682 g/mol. The number of allylic oxidation sites excluding steroid dienone is 2. The van der Waals surface area contributed by atoms with Gasteiger partial charge >= 0.3 is 0 Å². The number of nitrogens with one attached hydrogen (secondary N) is 3. The minimum atomic E-state index is -0.549. The number of amides is 3. The molecule has 2 unspecified atom stereocenters. The topological polar surface area (TPSA) is 143 Å². The van der Waals surface area contributed by atoms with Crippen LogP contribution in [0.4, 0.5) is 0 Å². The molecule has 0 aliphatic heterocycles. The van der Waals surface area contributed by atoms with Crippen molar-refractivity contribution in [1.29, 1.82) is 0 Å². The zero-order valence-electron chi connectivity index (χ0n) is 30.9. The van der Waals surface area contributed by atoms with Gasteiger partial charge in [0.1, 0.15) is 12.3 Å². The molecule has 0 heterocycles. The molecule has 0 spiro atoms. The average molecular weight is 682 g/mol. The number of unbranched alkanes of at least 4 members (excludes halogenated alkanes) is 12. The summed E-state index contributed by atoms with van der Waals surface area (Å²) in [5.41, 5.74) is 6.99. The van der Waals surface area contributed by atoms with Crippen LogP contribution in [0.3, 0.4) is 0 Å². The zero-order chi connectivity index (χ0) is 36.0. The normalized spacial score (nSPS) is 12.8. The molecule has 49 heavy (non-hydrogen) atoms. The molecule has 2 atom stereocenters. The molecule has 0 aliphatic carbocycles. The van der Waals surface area contributed by atoms with Gasteiger partial charge in [0, 0.05) is 31.3 Å². The van der Waals surface area contributed by atoms with Gasteiger partial charge in [-0.3, -0.25) is 19.4 Å². The first-order chi connectivity index (χ1) is 23.8. The second-order valence-corrected chi connectivity index (χ2v) is 13.6. The van der Waals surface area contributed by atoms with E-state index in [1.807, 2.05) is 26.0 Å². The van der Waals surface area contributed by atoms with Crippen LogP contribution in [0, 0.1) is 5.92 Å². The van der Waals surface area contributed by atoms with Crippen molar-refractivity contribution in [3.8, 4) is 0 Å². The lowest BCUT2D eigenvalue weighted by Gasteiger charge is -2.20. The molecule has 5 N–H and O–H groups in total. The highest BCUT2D eigenvalue weighted by Crippen LogP contribution is 2.11. The van der Waals surface area contributed by atoms with Gasteiger partial charge < -0.3 is 26.5 Å². The van der Waals surface area contributed by atoms with E-state index in [1.165, 1.54) is 57.8 Å². The molecule has 0 fully saturated rings. The second kappa shape index (κ2) is 29.6. The summed E-state index contributed by atoms with van der Waals surface area (Å²) in [4.78, 5) is 52.8. The Morgan fingerprint density at radius 2 is 1.43 bits per heavy atom. The third-order valence-electron chi connectivity index (χ3n) is 8.40. The molecule has 0 bridgehead atoms. The SMILES string of the molecule is CCCCCCCC/C=C\CCCCCCCC(=O)NC(CC(C)C)C(=O)NCC/N=C\c1ccc(C(=O)NCCCCC(N)C=O)cc1. The summed E-state index contributed by atoms with van der Waals surface area (Å²) in [5, 5.41) is 8.74. The molecular weight excluding hydrogens is 614 g/mol. The van der Waals surface area contributed by atoms with E-state index in [9.17, 15) is 19.2 Å². The second-order valence-electron chi connectivity index (χ2n) is 13.6. The van der Waals surface area contributed by atoms with Crippen LogP contribution in [0.2, 0.25) is 0 Å². The van der Waals surface area contributed by atoms with Gasteiger partial charge in [-0.2, -0.15) is 0 Å². The molecule has 0 radical (unpaired) electrons. The van der Waals surface area contributed by atoms with Crippen LogP contribution in [-0.4, -0.2) is 61.9 Å². The van der Waals surface area contributed by atoms with Crippen molar-refractivity contribution in [3.05, 3.63) is 47.5 Å². The van der Waals surface area contributed by atoms with E-state index < -0.39 is 12.1 Å². The summed E-state index contributed by atoms with van der Waals surface area (Å²) in [5.74, 6) is -0.121. The van der Waals surface area contributed by atoms with E-state index in [4.69, 9.17) is 5.73 Å². The van der Waals surface area contributed by atoms with Crippen molar-refractivity contribution in [1.82, 2.24) is 16.0 Å². The zero-order valence-corrected chi connectivity index (χ0v) is 30.9. The molecule has 0 aliphatic rings. The maximum absolute atomic E-state index is 12.9. The predicted molar refractivity (Wildman–Crippen MR) is 203 cm³/mol. The van der Waals surface area contributed by atoms with Crippen molar-refractivity contribution in [2.75, 3.05) is 19.6 Å². The maximum Gasteiger partial charge on any atom is 0.251 e. The van der Waals surface area contributed by atoms with E-state index in [0.29, 0.717) is 44.5 Å². The fraction of sp³-hybridized carbons (Fsp3) is 0.675. The number of benzene rings is 1. The highest BCUT2D eigenvalue weighted by molar-refractivity contribution is 5.95. The Morgan fingerprint density at radius 1 is 0.796 bits per heavy atom. The lowest BCUT2D eigenvalue weighted by Crippen LogP contribution is -2.47. The van der Waals surface area contributed by atoms with Crippen molar-refractivity contribution >= 4 is 30.2 Å². The molecule has 1 aromatic carbocycles. The Hall–Kier alpha value is -3.33. The summed E-state index contributed by atoms with van der Waals surface area (Å²) in [6, 6.07) is 6.16. The number of carbonyl (C=O) groups excluding carboxylic acids is 4. The Labute approximate surface area is 297 Å². The number of carbonyl (C=O) groups is 4. The van der Waals surface area contributed by atoms with Gasteiger partial charge in [0.25, 0.3) is 5.91 Å². The number of hydrogen-bond acceptors (Lipinski definition) is 6. The lowest BCUT2D eigenvalue weighted by molar-refractivity contribution is -0.129. The van der Waals surface area contributed by atoms with E-state index >= 15 is 0 Å². The third-order valence-corrected chi connectivity index (χ3v) is 8.40. The summed E-state index contributed by atoms with van der Waals surface area (Å²) >= 11 is 0. The van der Waals surface area contributed by atoms with E-state index in [0.717, 1.165) is 50.4 Å². The van der Waals surface area contributed by atoms with E-state index in [-0.39, 0.29) is 23.6 Å². The number of aldehydes is 1. The first kappa shape index (κ1) is 43.7. The quantitative estimate of drug-likeness (QED) is 0.0294. The van der Waals surface area contributed by atoms with Crippen LogP contribution in [0.25, 0.3) is 0 Å². The van der Waals surface area contributed by atoms with Gasteiger partial charge in [-0.1, -0.05) is 96.4 Å². The Kier molecular flexibility index (Phi) is 26.4. The lowest BCUT2D eigenvalue weighted by atomic mass is 10.0. The van der Waals surface area contributed by atoms with Gasteiger partial charge in [-0.25, -0.2) is 0 Å². The molecule has 0 aromatic heterocycles. The number of hydrogen-bond donors (Lipinski definition) is 4. The molecule has 9 heteroatoms. The number of aliphatic imine (C=N–C) groups is 1. The smallest absolute Gasteiger partial charge is 0.251 e. The standard InChI is InChI=1S/C40H67N5O4/c1-4-5-6-7-8-9-10-11-12-13-14-15-16-17-18-22-38(47)45-37(30-33(2)3)40(49)44-29-28-42-31-34-23-25-35(26-24-34)39(48)43-27-20-19-21-36(41)32-46/h11-12,23-26,31-33,36-37H,4-10,13-22,27-30,41H2,1-3H3,(H,43,48)(H,44,49)(H,45,47)/b12-11-,42-31-. The van der Waals surface area contributed by atoms with Crippen molar-refractivity contribution < 1.29 is 19.2 Å². The van der Waals surface area contributed by atoms with Crippen LogP contribution < -0.4 is 21.7 Å². The summed E-state index contributed by atoms with van der Waals surface area (Å²) in [6.07, 6.45) is 26.1. The molecule has 1 aromatic rings. The first-order valence-corrected chi connectivity index (χ1v) is 19.1. The van der Waals surface area contributed by atoms with Crippen molar-refractivity contribution in [2.24, 2.45) is 16.6 Å².